The monoisotopic (exact) mass is 225 g/mol. The highest BCUT2D eigenvalue weighted by Gasteiger charge is 2.05. The van der Waals surface area contributed by atoms with Crippen molar-refractivity contribution in [3.05, 3.63) is 28.5 Å². The van der Waals surface area contributed by atoms with Gasteiger partial charge in [0.25, 0.3) is 0 Å². The summed E-state index contributed by atoms with van der Waals surface area (Å²) in [7, 11) is 0. The fraction of sp³-hybridized carbons (Fsp3) is 0.250. The Labute approximate surface area is 79.3 Å². The lowest BCUT2D eigenvalue weighted by Gasteiger charge is -2.05. The zero-order valence-electron chi connectivity index (χ0n) is 6.37. The van der Waals surface area contributed by atoms with E-state index in [4.69, 9.17) is 11.0 Å². The molecule has 0 aromatic carbocycles. The second-order valence-corrected chi connectivity index (χ2v) is 3.17. The van der Waals surface area contributed by atoms with Crippen LogP contribution in [-0.2, 0) is 0 Å². The fourth-order valence-electron chi connectivity index (χ4n) is 0.833. The minimum absolute atomic E-state index is 0.285. The second-order valence-electron chi connectivity index (χ2n) is 2.35. The first-order valence-corrected chi connectivity index (χ1v) is 4.28. The summed E-state index contributed by atoms with van der Waals surface area (Å²) in [5.74, 6) is 0. The van der Waals surface area contributed by atoms with Crippen LogP contribution in [-0.4, -0.2) is 4.98 Å². The van der Waals surface area contributed by atoms with Gasteiger partial charge in [0, 0.05) is 0 Å². The van der Waals surface area contributed by atoms with Gasteiger partial charge >= 0.3 is 0 Å². The average Bonchev–Trinajstić information content (AvgIpc) is 2.05. The lowest BCUT2D eigenvalue weighted by atomic mass is 10.1. The Bertz CT molecular complexity index is 305. The van der Waals surface area contributed by atoms with Crippen LogP contribution in [0.2, 0.25) is 0 Å². The van der Waals surface area contributed by atoms with Crippen molar-refractivity contribution < 1.29 is 0 Å². The van der Waals surface area contributed by atoms with Crippen LogP contribution in [0.15, 0.2) is 22.8 Å². The molecule has 0 radical (unpaired) electrons. The number of rotatable bonds is 2. The first-order valence-electron chi connectivity index (χ1n) is 3.49. The predicted octanol–water partition coefficient (Wildman–Crippen LogP) is 1.76. The third kappa shape index (κ3) is 2.29. The van der Waals surface area contributed by atoms with Gasteiger partial charge < -0.3 is 5.73 Å². The zero-order valence-corrected chi connectivity index (χ0v) is 7.95. The normalized spacial score (nSPS) is 12.1. The molecule has 0 bridgehead atoms. The van der Waals surface area contributed by atoms with Crippen molar-refractivity contribution in [2.45, 2.75) is 12.5 Å². The molecule has 2 N–H and O–H groups in total. The minimum atomic E-state index is -0.285. The predicted molar refractivity (Wildman–Crippen MR) is 49.1 cm³/mol. The third-order valence-electron chi connectivity index (χ3n) is 1.43. The van der Waals surface area contributed by atoms with Gasteiger partial charge in [0.05, 0.1) is 24.2 Å². The molecule has 0 saturated carbocycles. The first-order chi connectivity index (χ1) is 5.74. The Kier molecular flexibility index (Phi) is 3.20. The molecule has 0 saturated heterocycles. The van der Waals surface area contributed by atoms with Crippen LogP contribution in [0, 0.1) is 11.3 Å². The van der Waals surface area contributed by atoms with E-state index in [0.29, 0.717) is 6.42 Å². The van der Waals surface area contributed by atoms with Gasteiger partial charge in [-0.05, 0) is 28.1 Å². The number of nitriles is 1. The lowest BCUT2D eigenvalue weighted by molar-refractivity contribution is 0.718. The smallest absolute Gasteiger partial charge is 0.106 e. The van der Waals surface area contributed by atoms with Crippen LogP contribution in [0.5, 0.6) is 0 Å². The number of halogens is 1. The third-order valence-corrected chi connectivity index (χ3v) is 1.87. The molecule has 1 rings (SSSR count). The molecule has 1 aromatic heterocycles. The fourth-order valence-corrected chi connectivity index (χ4v) is 1.19. The van der Waals surface area contributed by atoms with Crippen LogP contribution >= 0.6 is 15.9 Å². The van der Waals surface area contributed by atoms with E-state index in [0.717, 1.165) is 10.3 Å². The summed E-state index contributed by atoms with van der Waals surface area (Å²) in [6.07, 6.45) is 0.295. The second kappa shape index (κ2) is 4.19. The maximum Gasteiger partial charge on any atom is 0.106 e. The summed E-state index contributed by atoms with van der Waals surface area (Å²) >= 11 is 3.23. The number of pyridine rings is 1. The van der Waals surface area contributed by atoms with Gasteiger partial charge in [0.2, 0.25) is 0 Å². The lowest BCUT2D eigenvalue weighted by Crippen LogP contribution is -2.10. The van der Waals surface area contributed by atoms with Crippen LogP contribution in [0.3, 0.4) is 0 Å². The zero-order chi connectivity index (χ0) is 8.97. The molecule has 0 aliphatic heterocycles. The van der Waals surface area contributed by atoms with Crippen LogP contribution < -0.4 is 5.73 Å². The van der Waals surface area contributed by atoms with Crippen LogP contribution in [0.1, 0.15) is 18.2 Å². The average molecular weight is 226 g/mol. The summed E-state index contributed by atoms with van der Waals surface area (Å²) in [6, 6.07) is 7.21. The van der Waals surface area contributed by atoms with E-state index < -0.39 is 0 Å². The summed E-state index contributed by atoms with van der Waals surface area (Å²) in [6.45, 7) is 0. The number of nitrogens with zero attached hydrogens (tertiary/aromatic N) is 2. The molecule has 0 unspecified atom stereocenters. The highest BCUT2D eigenvalue weighted by atomic mass is 79.9. The molecule has 0 amide bonds. The van der Waals surface area contributed by atoms with Crippen molar-refractivity contribution in [2.24, 2.45) is 5.73 Å². The van der Waals surface area contributed by atoms with Crippen molar-refractivity contribution >= 4 is 15.9 Å². The van der Waals surface area contributed by atoms with Gasteiger partial charge in [-0.25, -0.2) is 4.98 Å². The van der Waals surface area contributed by atoms with Crippen molar-refractivity contribution in [2.75, 3.05) is 0 Å². The SMILES string of the molecule is N#CC[C@@H](N)c1cccc(Br)n1. The molecule has 62 valence electrons. The first kappa shape index (κ1) is 9.17. The molecular weight excluding hydrogens is 218 g/mol. The minimum Gasteiger partial charge on any atom is -0.322 e. The van der Waals surface area contributed by atoms with Gasteiger partial charge in [0.15, 0.2) is 0 Å². The molecule has 12 heavy (non-hydrogen) atoms. The van der Waals surface area contributed by atoms with Gasteiger partial charge in [-0.1, -0.05) is 6.07 Å². The van der Waals surface area contributed by atoms with Gasteiger partial charge in [-0.3, -0.25) is 0 Å². The molecule has 1 heterocycles. The van der Waals surface area contributed by atoms with E-state index in [1.54, 1.807) is 0 Å². The maximum absolute atomic E-state index is 8.40. The summed E-state index contributed by atoms with van der Waals surface area (Å²) in [5, 5.41) is 8.40. The summed E-state index contributed by atoms with van der Waals surface area (Å²) < 4.78 is 0.744. The Balaban J connectivity index is 2.82. The summed E-state index contributed by atoms with van der Waals surface area (Å²) in [5.41, 5.74) is 6.41. The topological polar surface area (TPSA) is 62.7 Å². The standard InChI is InChI=1S/C8H8BrN3/c9-8-3-1-2-7(12-8)6(11)4-5-10/h1-3,6H,4,11H2/t6-/m1/s1. The van der Waals surface area contributed by atoms with Gasteiger partial charge in [-0.2, -0.15) is 5.26 Å². The largest absolute Gasteiger partial charge is 0.322 e. The quantitative estimate of drug-likeness (QED) is 0.781. The van der Waals surface area contributed by atoms with E-state index >= 15 is 0 Å². The van der Waals surface area contributed by atoms with Gasteiger partial charge in [0.1, 0.15) is 4.60 Å². The Morgan fingerprint density at radius 3 is 3.00 bits per heavy atom. The molecule has 0 aliphatic carbocycles. The molecular formula is C8H8BrN3. The van der Waals surface area contributed by atoms with Crippen molar-refractivity contribution in [1.29, 1.82) is 5.26 Å². The molecule has 1 atom stereocenters. The number of hydrogen-bond acceptors (Lipinski definition) is 3. The molecule has 3 nitrogen and oxygen atoms in total. The van der Waals surface area contributed by atoms with E-state index in [-0.39, 0.29) is 6.04 Å². The van der Waals surface area contributed by atoms with E-state index in [1.807, 2.05) is 24.3 Å². The molecule has 0 aliphatic rings. The van der Waals surface area contributed by atoms with E-state index in [9.17, 15) is 0 Å². The van der Waals surface area contributed by atoms with E-state index in [1.165, 1.54) is 0 Å². The van der Waals surface area contributed by atoms with Gasteiger partial charge in [-0.15, -0.1) is 0 Å². The van der Waals surface area contributed by atoms with Crippen LogP contribution in [0.4, 0.5) is 0 Å². The molecule has 0 spiro atoms. The number of hydrogen-bond donors (Lipinski definition) is 1. The molecule has 4 heteroatoms. The van der Waals surface area contributed by atoms with Crippen LogP contribution in [0.25, 0.3) is 0 Å². The van der Waals surface area contributed by atoms with Crippen molar-refractivity contribution in [1.82, 2.24) is 4.98 Å². The highest BCUT2D eigenvalue weighted by Crippen LogP contribution is 2.13. The highest BCUT2D eigenvalue weighted by molar-refractivity contribution is 9.10. The van der Waals surface area contributed by atoms with Crippen molar-refractivity contribution in [3.8, 4) is 6.07 Å². The Morgan fingerprint density at radius 2 is 2.42 bits per heavy atom. The maximum atomic E-state index is 8.40. The van der Waals surface area contributed by atoms with E-state index in [2.05, 4.69) is 20.9 Å². The van der Waals surface area contributed by atoms with Crippen molar-refractivity contribution in [3.63, 3.8) is 0 Å². The Hall–Kier alpha value is -0.920. The molecule has 1 aromatic rings. The summed E-state index contributed by atoms with van der Waals surface area (Å²) in [4.78, 5) is 4.13. The Morgan fingerprint density at radius 1 is 1.67 bits per heavy atom. The number of aromatic nitrogens is 1. The molecule has 0 fully saturated rings. The number of nitrogens with two attached hydrogens (primary N) is 1.